The van der Waals surface area contributed by atoms with Crippen molar-refractivity contribution < 1.29 is 9.72 Å². The third-order valence-electron chi connectivity index (χ3n) is 4.87. The van der Waals surface area contributed by atoms with Crippen LogP contribution in [0.2, 0.25) is 0 Å². The Bertz CT molecular complexity index is 828. The molecule has 7 heteroatoms. The fourth-order valence-corrected chi connectivity index (χ4v) is 3.16. The minimum Gasteiger partial charge on any atom is -0.322 e. The number of benzene rings is 2. The summed E-state index contributed by atoms with van der Waals surface area (Å²) in [6, 6.07) is 12.2. The lowest BCUT2D eigenvalue weighted by atomic mass is 10.1. The highest BCUT2D eigenvalue weighted by Gasteiger charge is 2.15. The number of amides is 1. The van der Waals surface area contributed by atoms with E-state index in [0.717, 1.165) is 32.7 Å². The first-order valence-corrected chi connectivity index (χ1v) is 8.98. The van der Waals surface area contributed by atoms with Crippen LogP contribution < -0.4 is 5.32 Å². The van der Waals surface area contributed by atoms with E-state index >= 15 is 0 Å². The molecule has 1 heterocycles. The lowest BCUT2D eigenvalue weighted by Gasteiger charge is -2.32. The molecule has 142 valence electrons. The van der Waals surface area contributed by atoms with Crippen LogP contribution >= 0.6 is 0 Å². The third kappa shape index (κ3) is 4.90. The number of rotatable bonds is 5. The molecule has 0 saturated carbocycles. The normalized spacial score (nSPS) is 15.5. The zero-order valence-electron chi connectivity index (χ0n) is 15.6. The van der Waals surface area contributed by atoms with Crippen LogP contribution in [0.3, 0.4) is 0 Å². The first-order valence-electron chi connectivity index (χ1n) is 8.98. The number of nitrogens with one attached hydrogen (secondary N) is 1. The Labute approximate surface area is 158 Å². The van der Waals surface area contributed by atoms with Gasteiger partial charge in [0.05, 0.1) is 4.92 Å². The van der Waals surface area contributed by atoms with Gasteiger partial charge in [-0.05, 0) is 43.8 Å². The van der Waals surface area contributed by atoms with Crippen LogP contribution in [0.4, 0.5) is 11.4 Å². The number of hydrogen-bond donors (Lipinski definition) is 1. The summed E-state index contributed by atoms with van der Waals surface area (Å²) < 4.78 is 0. The maximum absolute atomic E-state index is 12.4. The van der Waals surface area contributed by atoms with Crippen LogP contribution in [0.15, 0.2) is 42.5 Å². The number of nitro groups is 1. The van der Waals surface area contributed by atoms with Crippen molar-refractivity contribution in [2.45, 2.75) is 13.5 Å². The van der Waals surface area contributed by atoms with Gasteiger partial charge in [0.1, 0.15) is 0 Å². The van der Waals surface area contributed by atoms with Gasteiger partial charge >= 0.3 is 0 Å². The van der Waals surface area contributed by atoms with E-state index in [9.17, 15) is 14.9 Å². The number of carbonyl (C=O) groups excluding carboxylic acids is 1. The van der Waals surface area contributed by atoms with E-state index in [-0.39, 0.29) is 11.6 Å². The van der Waals surface area contributed by atoms with Crippen molar-refractivity contribution in [2.75, 3.05) is 38.5 Å². The van der Waals surface area contributed by atoms with E-state index in [1.54, 1.807) is 6.92 Å². The molecule has 1 aliphatic rings. The Morgan fingerprint density at radius 2 is 1.78 bits per heavy atom. The van der Waals surface area contributed by atoms with Crippen molar-refractivity contribution in [1.82, 2.24) is 9.80 Å². The van der Waals surface area contributed by atoms with E-state index in [0.29, 0.717) is 16.8 Å². The van der Waals surface area contributed by atoms with Gasteiger partial charge in [-0.15, -0.1) is 0 Å². The van der Waals surface area contributed by atoms with Gasteiger partial charge in [0.15, 0.2) is 0 Å². The molecule has 1 fully saturated rings. The predicted molar refractivity (Wildman–Crippen MR) is 105 cm³/mol. The summed E-state index contributed by atoms with van der Waals surface area (Å²) in [4.78, 5) is 27.6. The molecule has 7 nitrogen and oxygen atoms in total. The highest BCUT2D eigenvalue weighted by molar-refractivity contribution is 6.04. The van der Waals surface area contributed by atoms with Crippen molar-refractivity contribution >= 4 is 17.3 Å². The Morgan fingerprint density at radius 3 is 2.37 bits per heavy atom. The van der Waals surface area contributed by atoms with Gasteiger partial charge in [0, 0.05) is 55.6 Å². The van der Waals surface area contributed by atoms with Gasteiger partial charge in [-0.3, -0.25) is 19.8 Å². The van der Waals surface area contributed by atoms with Crippen LogP contribution in [-0.2, 0) is 6.54 Å². The fourth-order valence-electron chi connectivity index (χ4n) is 3.16. The fraction of sp³-hybridized carbons (Fsp3) is 0.350. The van der Waals surface area contributed by atoms with Crippen molar-refractivity contribution in [1.29, 1.82) is 0 Å². The lowest BCUT2D eigenvalue weighted by Crippen LogP contribution is -2.43. The summed E-state index contributed by atoms with van der Waals surface area (Å²) >= 11 is 0. The molecule has 1 aliphatic heterocycles. The minimum atomic E-state index is -0.448. The molecular formula is C20H24N4O3. The SMILES string of the molecule is Cc1cc(C(=O)Nc2ccc(CN3CCN(C)CC3)cc2)ccc1[N+](=O)[O-]. The van der Waals surface area contributed by atoms with Crippen LogP contribution in [0, 0.1) is 17.0 Å². The molecule has 2 aromatic carbocycles. The zero-order chi connectivity index (χ0) is 19.4. The molecule has 1 amide bonds. The average molecular weight is 368 g/mol. The molecule has 1 saturated heterocycles. The number of hydrogen-bond acceptors (Lipinski definition) is 5. The van der Waals surface area contributed by atoms with Gasteiger partial charge in [-0.2, -0.15) is 0 Å². The molecule has 0 atom stereocenters. The highest BCUT2D eigenvalue weighted by Crippen LogP contribution is 2.20. The second-order valence-corrected chi connectivity index (χ2v) is 6.99. The number of likely N-dealkylation sites (N-methyl/N-ethyl adjacent to an activating group) is 1. The van der Waals surface area contributed by atoms with Crippen LogP contribution in [0.5, 0.6) is 0 Å². The molecule has 0 radical (unpaired) electrons. The van der Waals surface area contributed by atoms with E-state index in [2.05, 4.69) is 22.2 Å². The summed E-state index contributed by atoms with van der Waals surface area (Å²) in [5.74, 6) is -0.278. The summed E-state index contributed by atoms with van der Waals surface area (Å²) in [7, 11) is 2.14. The number of anilines is 1. The molecule has 0 aliphatic carbocycles. The standard InChI is InChI=1S/C20H24N4O3/c1-15-13-17(5-8-19(15)24(26)27)20(25)21-18-6-3-16(4-7-18)14-23-11-9-22(2)10-12-23/h3-8,13H,9-12,14H2,1-2H3,(H,21,25). The summed E-state index contributed by atoms with van der Waals surface area (Å²) in [5.41, 5.74) is 2.80. The average Bonchev–Trinajstić information content (AvgIpc) is 2.64. The molecular weight excluding hydrogens is 344 g/mol. The smallest absolute Gasteiger partial charge is 0.272 e. The molecule has 0 aromatic heterocycles. The summed E-state index contributed by atoms with van der Waals surface area (Å²) in [6.07, 6.45) is 0. The van der Waals surface area contributed by atoms with Crippen LogP contribution in [0.1, 0.15) is 21.5 Å². The number of piperazine rings is 1. The summed E-state index contributed by atoms with van der Waals surface area (Å²) in [5, 5.41) is 13.7. The zero-order valence-corrected chi connectivity index (χ0v) is 15.6. The van der Waals surface area contributed by atoms with Gasteiger partial charge in [0.25, 0.3) is 11.6 Å². The Balaban J connectivity index is 1.60. The number of nitrogens with zero attached hydrogens (tertiary/aromatic N) is 3. The van der Waals surface area contributed by atoms with Crippen LogP contribution in [-0.4, -0.2) is 53.9 Å². The quantitative estimate of drug-likeness (QED) is 0.648. The van der Waals surface area contributed by atoms with Crippen molar-refractivity contribution in [3.8, 4) is 0 Å². The first kappa shape index (κ1) is 19.0. The molecule has 0 bridgehead atoms. The maximum Gasteiger partial charge on any atom is 0.272 e. The second kappa shape index (κ2) is 8.28. The van der Waals surface area contributed by atoms with Crippen molar-refractivity contribution in [3.63, 3.8) is 0 Å². The van der Waals surface area contributed by atoms with Crippen molar-refractivity contribution in [2.24, 2.45) is 0 Å². The predicted octanol–water partition coefficient (Wildman–Crippen LogP) is 2.90. The van der Waals surface area contributed by atoms with Gasteiger partial charge in [-0.1, -0.05) is 12.1 Å². The first-order chi connectivity index (χ1) is 12.9. The molecule has 0 unspecified atom stereocenters. The van der Waals surface area contributed by atoms with E-state index in [1.165, 1.54) is 23.8 Å². The largest absolute Gasteiger partial charge is 0.322 e. The van der Waals surface area contributed by atoms with E-state index in [4.69, 9.17) is 0 Å². The topological polar surface area (TPSA) is 78.7 Å². The number of nitro benzene ring substituents is 1. The van der Waals surface area contributed by atoms with Gasteiger partial charge in [0.2, 0.25) is 0 Å². The Hall–Kier alpha value is -2.77. The third-order valence-corrected chi connectivity index (χ3v) is 4.87. The number of aryl methyl sites for hydroxylation is 1. The highest BCUT2D eigenvalue weighted by atomic mass is 16.6. The van der Waals surface area contributed by atoms with Crippen LogP contribution in [0.25, 0.3) is 0 Å². The maximum atomic E-state index is 12.4. The molecule has 3 rings (SSSR count). The molecule has 27 heavy (non-hydrogen) atoms. The molecule has 2 aromatic rings. The van der Waals surface area contributed by atoms with E-state index < -0.39 is 4.92 Å². The monoisotopic (exact) mass is 368 g/mol. The Kier molecular flexibility index (Phi) is 5.83. The van der Waals surface area contributed by atoms with E-state index in [1.807, 2.05) is 24.3 Å². The van der Waals surface area contributed by atoms with Gasteiger partial charge in [-0.25, -0.2) is 0 Å². The summed E-state index contributed by atoms with van der Waals surface area (Å²) in [6.45, 7) is 6.83. The second-order valence-electron chi connectivity index (χ2n) is 6.99. The minimum absolute atomic E-state index is 0.0137. The molecule has 1 N–H and O–H groups in total. The van der Waals surface area contributed by atoms with Gasteiger partial charge < -0.3 is 10.2 Å². The Morgan fingerprint density at radius 1 is 1.11 bits per heavy atom. The number of carbonyl (C=O) groups is 1. The molecule has 0 spiro atoms. The van der Waals surface area contributed by atoms with Crippen molar-refractivity contribution in [3.05, 3.63) is 69.3 Å². The lowest BCUT2D eigenvalue weighted by molar-refractivity contribution is -0.385.